The Hall–Kier alpha value is -1.19. The summed E-state index contributed by atoms with van der Waals surface area (Å²) in [7, 11) is -2.09. The lowest BCUT2D eigenvalue weighted by Crippen LogP contribution is -2.41. The number of H-pyrrole nitrogens is 1. The standard InChI is InChI=1S/C14H17ClN4O3S/c1-16-23(21,22)19-8-4-11-12(5-8)14(11,20)10-2-7(15)3-13-9(10)6-17-18-13/h2-3,6,8,11-12,16,19-20H,4-5H2,1H3,(H,17,18)/t8-,11+,12-,14+. The molecule has 4 N–H and O–H groups in total. The highest BCUT2D eigenvalue weighted by atomic mass is 35.5. The van der Waals surface area contributed by atoms with Gasteiger partial charge in [-0.1, -0.05) is 11.6 Å². The van der Waals surface area contributed by atoms with Gasteiger partial charge in [-0.15, -0.1) is 0 Å². The van der Waals surface area contributed by atoms with E-state index in [1.807, 2.05) is 0 Å². The first kappa shape index (κ1) is 15.3. The molecule has 2 saturated carbocycles. The van der Waals surface area contributed by atoms with Gasteiger partial charge in [0.1, 0.15) is 0 Å². The van der Waals surface area contributed by atoms with Crippen LogP contribution in [0.2, 0.25) is 5.02 Å². The Labute approximate surface area is 138 Å². The third kappa shape index (κ3) is 2.28. The van der Waals surface area contributed by atoms with E-state index < -0.39 is 15.8 Å². The molecule has 0 amide bonds. The van der Waals surface area contributed by atoms with Crippen molar-refractivity contribution in [1.29, 1.82) is 0 Å². The van der Waals surface area contributed by atoms with Gasteiger partial charge in [0.05, 0.1) is 17.3 Å². The summed E-state index contributed by atoms with van der Waals surface area (Å²) in [6.45, 7) is 0. The van der Waals surface area contributed by atoms with Crippen molar-refractivity contribution in [2.24, 2.45) is 11.8 Å². The van der Waals surface area contributed by atoms with Gasteiger partial charge < -0.3 is 5.11 Å². The minimum atomic E-state index is -3.46. The average molecular weight is 357 g/mol. The maximum absolute atomic E-state index is 11.6. The fourth-order valence-electron chi connectivity index (χ4n) is 4.04. The van der Waals surface area contributed by atoms with E-state index in [0.29, 0.717) is 17.9 Å². The number of hydrogen-bond donors (Lipinski definition) is 4. The number of halogens is 1. The van der Waals surface area contributed by atoms with Gasteiger partial charge in [0.2, 0.25) is 0 Å². The Kier molecular flexibility index (Phi) is 3.27. The van der Waals surface area contributed by atoms with E-state index in [-0.39, 0.29) is 17.9 Å². The molecule has 0 aliphatic heterocycles. The van der Waals surface area contributed by atoms with Gasteiger partial charge in [-0.3, -0.25) is 5.10 Å². The SMILES string of the molecule is CNS(=O)(=O)N[C@H]1C[C@@H]2[C@H](C1)[C@@]2(O)c1cc(Cl)cc2[nH]ncc12. The van der Waals surface area contributed by atoms with Crippen LogP contribution in [0.1, 0.15) is 18.4 Å². The summed E-state index contributed by atoms with van der Waals surface area (Å²) in [5.41, 5.74) is 0.617. The highest BCUT2D eigenvalue weighted by Crippen LogP contribution is 2.67. The molecule has 4 rings (SSSR count). The summed E-state index contributed by atoms with van der Waals surface area (Å²) >= 11 is 6.15. The predicted molar refractivity (Wildman–Crippen MR) is 86.1 cm³/mol. The van der Waals surface area contributed by atoms with Crippen LogP contribution < -0.4 is 9.44 Å². The fraction of sp³-hybridized carbons (Fsp3) is 0.500. The van der Waals surface area contributed by atoms with Crippen LogP contribution >= 0.6 is 11.6 Å². The molecule has 0 radical (unpaired) electrons. The minimum Gasteiger partial charge on any atom is -0.385 e. The summed E-state index contributed by atoms with van der Waals surface area (Å²) in [6, 6.07) is 3.41. The third-order valence-electron chi connectivity index (χ3n) is 5.13. The van der Waals surface area contributed by atoms with Gasteiger partial charge in [-0.25, -0.2) is 4.72 Å². The average Bonchev–Trinajstić information content (AvgIpc) is 2.93. The van der Waals surface area contributed by atoms with E-state index in [4.69, 9.17) is 11.6 Å². The Morgan fingerprint density at radius 2 is 2.09 bits per heavy atom. The highest BCUT2D eigenvalue weighted by molar-refractivity contribution is 7.87. The zero-order chi connectivity index (χ0) is 16.4. The van der Waals surface area contributed by atoms with E-state index in [9.17, 15) is 13.5 Å². The van der Waals surface area contributed by atoms with E-state index in [1.54, 1.807) is 18.3 Å². The normalized spacial score (nSPS) is 33.1. The molecule has 0 saturated heterocycles. The van der Waals surface area contributed by atoms with Gasteiger partial charge in [-0.05, 0) is 42.4 Å². The predicted octanol–water partition coefficient (Wildman–Crippen LogP) is 0.866. The number of benzene rings is 1. The Morgan fingerprint density at radius 1 is 1.39 bits per heavy atom. The van der Waals surface area contributed by atoms with Crippen molar-refractivity contribution in [1.82, 2.24) is 19.6 Å². The summed E-state index contributed by atoms with van der Waals surface area (Å²) < 4.78 is 28.0. The summed E-state index contributed by atoms with van der Waals surface area (Å²) in [4.78, 5) is 0. The molecule has 1 heterocycles. The quantitative estimate of drug-likeness (QED) is 0.652. The molecule has 0 spiro atoms. The number of rotatable bonds is 4. The second-order valence-electron chi connectivity index (χ2n) is 6.32. The maximum Gasteiger partial charge on any atom is 0.276 e. The zero-order valence-electron chi connectivity index (χ0n) is 12.4. The number of aliphatic hydroxyl groups is 1. The largest absolute Gasteiger partial charge is 0.385 e. The lowest BCUT2D eigenvalue weighted by molar-refractivity contribution is 0.103. The van der Waals surface area contributed by atoms with Crippen molar-refractivity contribution < 1.29 is 13.5 Å². The van der Waals surface area contributed by atoms with Crippen molar-refractivity contribution in [2.75, 3.05) is 7.05 Å². The molecule has 2 aliphatic rings. The smallest absolute Gasteiger partial charge is 0.276 e. The maximum atomic E-state index is 11.6. The lowest BCUT2D eigenvalue weighted by Gasteiger charge is -2.21. The first-order chi connectivity index (χ1) is 10.8. The molecule has 4 atom stereocenters. The van der Waals surface area contributed by atoms with E-state index in [1.165, 1.54) is 7.05 Å². The van der Waals surface area contributed by atoms with Crippen LogP contribution in [0.25, 0.3) is 10.9 Å². The molecule has 2 aliphatic carbocycles. The zero-order valence-corrected chi connectivity index (χ0v) is 13.9. The van der Waals surface area contributed by atoms with Crippen LogP contribution in [0.4, 0.5) is 0 Å². The van der Waals surface area contributed by atoms with Gasteiger partial charge in [0.15, 0.2) is 0 Å². The molecule has 2 aromatic rings. The molecular formula is C14H17ClN4O3S. The number of aromatic amines is 1. The van der Waals surface area contributed by atoms with Crippen LogP contribution in [0.5, 0.6) is 0 Å². The van der Waals surface area contributed by atoms with Gasteiger partial charge in [-0.2, -0.15) is 18.2 Å². The van der Waals surface area contributed by atoms with Crippen molar-refractivity contribution in [3.05, 3.63) is 28.9 Å². The number of nitrogens with zero attached hydrogens (tertiary/aromatic N) is 1. The molecule has 0 unspecified atom stereocenters. The van der Waals surface area contributed by atoms with Crippen molar-refractivity contribution in [3.8, 4) is 0 Å². The van der Waals surface area contributed by atoms with Crippen molar-refractivity contribution >= 4 is 32.7 Å². The Morgan fingerprint density at radius 3 is 2.74 bits per heavy atom. The topological polar surface area (TPSA) is 107 Å². The fourth-order valence-corrected chi connectivity index (χ4v) is 5.01. The second-order valence-corrected chi connectivity index (χ2v) is 8.40. The van der Waals surface area contributed by atoms with E-state index in [2.05, 4.69) is 19.6 Å². The monoisotopic (exact) mass is 356 g/mol. The van der Waals surface area contributed by atoms with Crippen LogP contribution in [-0.2, 0) is 15.8 Å². The van der Waals surface area contributed by atoms with Crippen LogP contribution in [0.3, 0.4) is 0 Å². The van der Waals surface area contributed by atoms with Crippen LogP contribution in [0.15, 0.2) is 18.3 Å². The van der Waals surface area contributed by atoms with E-state index >= 15 is 0 Å². The molecule has 7 nitrogen and oxygen atoms in total. The van der Waals surface area contributed by atoms with Gasteiger partial charge in [0, 0.05) is 23.5 Å². The molecule has 2 fully saturated rings. The number of hydrogen-bond acceptors (Lipinski definition) is 4. The molecule has 1 aromatic carbocycles. The number of aromatic nitrogens is 2. The summed E-state index contributed by atoms with van der Waals surface area (Å²) in [6.07, 6.45) is 2.90. The van der Waals surface area contributed by atoms with Crippen LogP contribution in [-0.4, -0.2) is 36.8 Å². The number of nitrogens with one attached hydrogen (secondary N) is 3. The van der Waals surface area contributed by atoms with Gasteiger partial charge >= 0.3 is 0 Å². The summed E-state index contributed by atoms with van der Waals surface area (Å²) in [5.74, 6) is 0.0623. The lowest BCUT2D eigenvalue weighted by atomic mass is 9.95. The Balaban J connectivity index is 1.60. The van der Waals surface area contributed by atoms with Crippen molar-refractivity contribution in [3.63, 3.8) is 0 Å². The second kappa shape index (κ2) is 4.90. The Bertz CT molecular complexity index is 869. The first-order valence-corrected chi connectivity index (χ1v) is 9.27. The molecule has 0 bridgehead atoms. The molecular weight excluding hydrogens is 340 g/mol. The van der Waals surface area contributed by atoms with E-state index in [0.717, 1.165) is 16.5 Å². The molecule has 1 aromatic heterocycles. The van der Waals surface area contributed by atoms with Crippen LogP contribution in [0, 0.1) is 11.8 Å². The van der Waals surface area contributed by atoms with Crippen molar-refractivity contribution in [2.45, 2.75) is 24.5 Å². The minimum absolute atomic E-state index is 0.0311. The first-order valence-electron chi connectivity index (χ1n) is 7.41. The molecule has 9 heteroatoms. The summed E-state index contributed by atoms with van der Waals surface area (Å²) in [5, 5.41) is 19.4. The highest BCUT2D eigenvalue weighted by Gasteiger charge is 2.69. The number of fused-ring (bicyclic) bond motifs is 2. The van der Waals surface area contributed by atoms with Gasteiger partial charge in [0.25, 0.3) is 10.2 Å². The third-order valence-corrected chi connectivity index (χ3v) is 6.53. The molecule has 124 valence electrons. The molecule has 23 heavy (non-hydrogen) atoms.